The van der Waals surface area contributed by atoms with E-state index in [-0.39, 0.29) is 5.75 Å². The predicted octanol–water partition coefficient (Wildman–Crippen LogP) is 4.27. The highest BCUT2D eigenvalue weighted by molar-refractivity contribution is 7.95. The summed E-state index contributed by atoms with van der Waals surface area (Å²) in [6.45, 7) is 1.97. The Balaban J connectivity index is 1.89. The number of aromatic hydroxyl groups is 1. The van der Waals surface area contributed by atoms with Gasteiger partial charge in [0.1, 0.15) is 5.75 Å². The predicted molar refractivity (Wildman–Crippen MR) is 98.4 cm³/mol. The second kappa shape index (κ2) is 6.37. The second-order valence-corrected chi connectivity index (χ2v) is 7.14. The quantitative estimate of drug-likeness (QED) is 0.746. The van der Waals surface area contributed by atoms with Crippen LogP contribution in [0.4, 0.5) is 5.69 Å². The normalized spacial score (nSPS) is 11.9. The molecule has 0 saturated carbocycles. The van der Waals surface area contributed by atoms with Gasteiger partial charge in [-0.2, -0.15) is 0 Å². The molecule has 0 spiro atoms. The standard InChI is InChI=1S/C19H17NO3S/c1-14-5-7-15(8-6-14)11-12-24(22,23)20-19-4-2-3-16-9-10-17(21)13-18(16)19/h2-13,20-21H,1H3. The van der Waals surface area contributed by atoms with Crippen LogP contribution in [0, 0.1) is 6.92 Å². The molecule has 0 bridgehead atoms. The van der Waals surface area contributed by atoms with Gasteiger partial charge in [-0.3, -0.25) is 4.72 Å². The lowest BCUT2D eigenvalue weighted by Gasteiger charge is -2.08. The first-order valence-corrected chi connectivity index (χ1v) is 8.97. The Morgan fingerprint density at radius 3 is 2.50 bits per heavy atom. The van der Waals surface area contributed by atoms with Crippen molar-refractivity contribution in [3.63, 3.8) is 0 Å². The first-order valence-electron chi connectivity index (χ1n) is 7.42. The van der Waals surface area contributed by atoms with Crippen LogP contribution in [0.1, 0.15) is 11.1 Å². The largest absolute Gasteiger partial charge is 0.508 e. The van der Waals surface area contributed by atoms with Crippen LogP contribution < -0.4 is 4.72 Å². The molecular weight excluding hydrogens is 322 g/mol. The molecule has 24 heavy (non-hydrogen) atoms. The molecule has 0 radical (unpaired) electrons. The van der Waals surface area contributed by atoms with Crippen LogP contribution in [0.15, 0.2) is 66.1 Å². The summed E-state index contributed by atoms with van der Waals surface area (Å²) in [5.74, 6) is 0.0874. The molecule has 2 N–H and O–H groups in total. The van der Waals surface area contributed by atoms with Gasteiger partial charge in [0.15, 0.2) is 0 Å². The molecule has 0 atom stereocenters. The molecule has 0 amide bonds. The Labute approximate surface area is 141 Å². The maximum atomic E-state index is 12.3. The Hall–Kier alpha value is -2.79. The van der Waals surface area contributed by atoms with Gasteiger partial charge in [0.2, 0.25) is 0 Å². The Morgan fingerprint density at radius 2 is 1.75 bits per heavy atom. The zero-order chi connectivity index (χ0) is 17.2. The number of rotatable bonds is 4. The summed E-state index contributed by atoms with van der Waals surface area (Å²) in [6, 6.07) is 17.7. The van der Waals surface area contributed by atoms with Crippen LogP contribution in [0.2, 0.25) is 0 Å². The Morgan fingerprint density at radius 1 is 1.00 bits per heavy atom. The monoisotopic (exact) mass is 339 g/mol. The van der Waals surface area contributed by atoms with Crippen molar-refractivity contribution in [1.29, 1.82) is 0 Å². The van der Waals surface area contributed by atoms with Gasteiger partial charge in [0.25, 0.3) is 10.0 Å². The van der Waals surface area contributed by atoms with Crippen molar-refractivity contribution in [2.75, 3.05) is 4.72 Å². The van der Waals surface area contributed by atoms with E-state index in [4.69, 9.17) is 0 Å². The molecule has 122 valence electrons. The van der Waals surface area contributed by atoms with E-state index in [1.54, 1.807) is 30.3 Å². The minimum atomic E-state index is -3.66. The average Bonchev–Trinajstić information content (AvgIpc) is 2.55. The fourth-order valence-corrected chi connectivity index (χ4v) is 3.27. The van der Waals surface area contributed by atoms with Gasteiger partial charge in [0.05, 0.1) is 11.1 Å². The van der Waals surface area contributed by atoms with E-state index in [0.29, 0.717) is 11.1 Å². The molecule has 0 aromatic heterocycles. The van der Waals surface area contributed by atoms with Gasteiger partial charge >= 0.3 is 0 Å². The smallest absolute Gasteiger partial charge is 0.255 e. The molecule has 5 heteroatoms. The number of hydrogen-bond acceptors (Lipinski definition) is 3. The first-order chi connectivity index (χ1) is 11.4. The number of sulfonamides is 1. The highest BCUT2D eigenvalue weighted by Crippen LogP contribution is 2.27. The molecule has 4 nitrogen and oxygen atoms in total. The van der Waals surface area contributed by atoms with E-state index in [1.807, 2.05) is 37.3 Å². The Bertz CT molecular complexity index is 1010. The number of hydrogen-bond donors (Lipinski definition) is 2. The second-order valence-electron chi connectivity index (χ2n) is 5.57. The number of benzene rings is 3. The van der Waals surface area contributed by atoms with Crippen molar-refractivity contribution < 1.29 is 13.5 Å². The number of fused-ring (bicyclic) bond motifs is 1. The number of anilines is 1. The summed E-state index contributed by atoms with van der Waals surface area (Å²) in [5, 5.41) is 12.3. The summed E-state index contributed by atoms with van der Waals surface area (Å²) < 4.78 is 27.2. The SMILES string of the molecule is Cc1ccc(C=CS(=O)(=O)Nc2cccc3ccc(O)cc23)cc1. The van der Waals surface area contributed by atoms with Crippen LogP contribution in [-0.2, 0) is 10.0 Å². The van der Waals surface area contributed by atoms with Crippen LogP contribution in [0.3, 0.4) is 0 Å². The zero-order valence-electron chi connectivity index (χ0n) is 13.1. The molecule has 0 saturated heterocycles. The number of aryl methyl sites for hydroxylation is 1. The van der Waals surface area contributed by atoms with Crippen molar-refractivity contribution >= 4 is 32.6 Å². The van der Waals surface area contributed by atoms with E-state index < -0.39 is 10.0 Å². The van der Waals surface area contributed by atoms with Gasteiger partial charge in [-0.25, -0.2) is 8.42 Å². The van der Waals surface area contributed by atoms with Crippen LogP contribution in [0.25, 0.3) is 16.8 Å². The van der Waals surface area contributed by atoms with E-state index in [9.17, 15) is 13.5 Å². The molecule has 3 rings (SSSR count). The molecule has 3 aromatic rings. The van der Waals surface area contributed by atoms with E-state index in [2.05, 4.69) is 4.72 Å². The van der Waals surface area contributed by atoms with E-state index in [1.165, 1.54) is 6.07 Å². The number of nitrogens with one attached hydrogen (secondary N) is 1. The molecule has 0 fully saturated rings. The maximum Gasteiger partial charge on any atom is 0.255 e. The van der Waals surface area contributed by atoms with Gasteiger partial charge < -0.3 is 5.11 Å². The van der Waals surface area contributed by atoms with Crippen molar-refractivity contribution in [2.45, 2.75) is 6.92 Å². The summed E-state index contributed by atoms with van der Waals surface area (Å²) in [4.78, 5) is 0. The fourth-order valence-electron chi connectivity index (χ4n) is 2.38. The molecule has 0 unspecified atom stereocenters. The third kappa shape index (κ3) is 3.75. The summed E-state index contributed by atoms with van der Waals surface area (Å²) in [5.41, 5.74) is 2.35. The molecule has 0 aliphatic rings. The molecule has 0 heterocycles. The minimum absolute atomic E-state index is 0.0874. The van der Waals surface area contributed by atoms with E-state index >= 15 is 0 Å². The van der Waals surface area contributed by atoms with Gasteiger partial charge in [-0.15, -0.1) is 0 Å². The van der Waals surface area contributed by atoms with Crippen LogP contribution in [0.5, 0.6) is 5.75 Å². The molecule has 0 aliphatic heterocycles. The van der Waals surface area contributed by atoms with Crippen molar-refractivity contribution in [1.82, 2.24) is 0 Å². The molecule has 0 aliphatic carbocycles. The summed E-state index contributed by atoms with van der Waals surface area (Å²) >= 11 is 0. The summed E-state index contributed by atoms with van der Waals surface area (Å²) in [6.07, 6.45) is 1.55. The molecule has 3 aromatic carbocycles. The third-order valence-electron chi connectivity index (χ3n) is 3.63. The van der Waals surface area contributed by atoms with Gasteiger partial charge in [-0.1, -0.05) is 48.0 Å². The fraction of sp³-hybridized carbons (Fsp3) is 0.0526. The topological polar surface area (TPSA) is 66.4 Å². The Kier molecular flexibility index (Phi) is 4.27. The third-order valence-corrected chi connectivity index (χ3v) is 4.63. The van der Waals surface area contributed by atoms with Crippen molar-refractivity contribution in [2.24, 2.45) is 0 Å². The maximum absolute atomic E-state index is 12.3. The zero-order valence-corrected chi connectivity index (χ0v) is 13.9. The van der Waals surface area contributed by atoms with Gasteiger partial charge in [-0.05, 0) is 42.1 Å². The number of phenolic OH excluding ortho intramolecular Hbond substituents is 1. The first kappa shape index (κ1) is 16.1. The highest BCUT2D eigenvalue weighted by Gasteiger charge is 2.09. The summed E-state index contributed by atoms with van der Waals surface area (Å²) in [7, 11) is -3.66. The van der Waals surface area contributed by atoms with Crippen molar-refractivity contribution in [3.8, 4) is 5.75 Å². The van der Waals surface area contributed by atoms with Gasteiger partial charge in [0, 0.05) is 5.39 Å². The minimum Gasteiger partial charge on any atom is -0.508 e. The van der Waals surface area contributed by atoms with Crippen LogP contribution in [-0.4, -0.2) is 13.5 Å². The highest BCUT2D eigenvalue weighted by atomic mass is 32.2. The average molecular weight is 339 g/mol. The van der Waals surface area contributed by atoms with Crippen molar-refractivity contribution in [3.05, 3.63) is 77.2 Å². The van der Waals surface area contributed by atoms with E-state index in [0.717, 1.165) is 21.9 Å². The number of phenols is 1. The lowest BCUT2D eigenvalue weighted by Crippen LogP contribution is -2.09. The van der Waals surface area contributed by atoms with Crippen LogP contribution >= 0.6 is 0 Å². The molecular formula is C19H17NO3S. The lowest BCUT2D eigenvalue weighted by atomic mass is 10.1. The lowest BCUT2D eigenvalue weighted by molar-refractivity contribution is 0.476.